The molecule has 46 valence electrons. The van der Waals surface area contributed by atoms with Gasteiger partial charge in [0.2, 0.25) is 0 Å². The summed E-state index contributed by atoms with van der Waals surface area (Å²) in [5.74, 6) is -0.0509. The van der Waals surface area contributed by atoms with Gasteiger partial charge in [0.25, 0.3) is 0 Å². The third kappa shape index (κ3) is 1.27. The molecule has 0 N–H and O–H groups in total. The Morgan fingerprint density at radius 1 is 1.89 bits per heavy atom. The molecule has 0 aliphatic rings. The summed E-state index contributed by atoms with van der Waals surface area (Å²) in [5, 5.41) is 11.2. The van der Waals surface area contributed by atoms with Crippen LogP contribution in [0.2, 0.25) is 0 Å². The Bertz CT molecular complexity index is 209. The van der Waals surface area contributed by atoms with Gasteiger partial charge in [-0.25, -0.2) is 4.98 Å². The lowest BCUT2D eigenvalue weighted by Gasteiger charge is -1.90. The molecule has 0 radical (unpaired) electrons. The van der Waals surface area contributed by atoms with Crippen molar-refractivity contribution in [3.63, 3.8) is 0 Å². The zero-order valence-electron chi connectivity index (χ0n) is 5.03. The first-order chi connectivity index (χ1) is 4.34. The van der Waals surface area contributed by atoms with E-state index in [0.29, 0.717) is 0 Å². The Kier molecular flexibility index (Phi) is 1.81. The van der Waals surface area contributed by atoms with E-state index in [-0.39, 0.29) is 5.92 Å². The van der Waals surface area contributed by atoms with Crippen LogP contribution in [0.25, 0.3) is 0 Å². The molecule has 1 heterocycles. The molecule has 0 saturated heterocycles. The van der Waals surface area contributed by atoms with E-state index in [1.54, 1.807) is 6.20 Å². The third-order valence-electron chi connectivity index (χ3n) is 1.02. The lowest BCUT2D eigenvalue weighted by Crippen LogP contribution is -1.85. The van der Waals surface area contributed by atoms with Gasteiger partial charge in [-0.3, -0.25) is 0 Å². The molecule has 0 spiro atoms. The standard InChI is InChI=1S/C6H6N2S/c1-5(4-7)6-8-2-3-9-6/h2-3,5H,1H3/t5-/m1/s1. The van der Waals surface area contributed by atoms with Crippen molar-refractivity contribution < 1.29 is 0 Å². The molecule has 0 aromatic carbocycles. The van der Waals surface area contributed by atoms with Crippen LogP contribution in [0.4, 0.5) is 0 Å². The topological polar surface area (TPSA) is 36.7 Å². The van der Waals surface area contributed by atoms with Gasteiger partial charge in [-0.1, -0.05) is 0 Å². The zero-order chi connectivity index (χ0) is 6.69. The largest absolute Gasteiger partial charge is 0.248 e. The summed E-state index contributed by atoms with van der Waals surface area (Å²) in [6.07, 6.45) is 1.72. The van der Waals surface area contributed by atoms with E-state index in [0.717, 1.165) is 5.01 Å². The molecule has 1 rings (SSSR count). The van der Waals surface area contributed by atoms with Crippen molar-refractivity contribution in [1.82, 2.24) is 4.98 Å². The van der Waals surface area contributed by atoms with Crippen molar-refractivity contribution in [3.05, 3.63) is 16.6 Å². The summed E-state index contributed by atoms with van der Waals surface area (Å²) in [6.45, 7) is 1.85. The quantitative estimate of drug-likeness (QED) is 0.593. The summed E-state index contributed by atoms with van der Waals surface area (Å²) in [5.41, 5.74) is 0. The van der Waals surface area contributed by atoms with Gasteiger partial charge in [0.15, 0.2) is 0 Å². The van der Waals surface area contributed by atoms with Crippen LogP contribution in [0.5, 0.6) is 0 Å². The minimum atomic E-state index is -0.0509. The molecule has 0 saturated carbocycles. The van der Waals surface area contributed by atoms with E-state index in [1.807, 2.05) is 12.3 Å². The Hall–Kier alpha value is -0.880. The monoisotopic (exact) mass is 138 g/mol. The number of nitrogens with zero attached hydrogens (tertiary/aromatic N) is 2. The lowest BCUT2D eigenvalue weighted by atomic mass is 10.2. The minimum Gasteiger partial charge on any atom is -0.248 e. The first-order valence-electron chi connectivity index (χ1n) is 2.63. The van der Waals surface area contributed by atoms with Crippen LogP contribution in [0.1, 0.15) is 17.8 Å². The highest BCUT2D eigenvalue weighted by Crippen LogP contribution is 2.15. The van der Waals surface area contributed by atoms with Crippen LogP contribution in [0, 0.1) is 11.3 Å². The van der Waals surface area contributed by atoms with Gasteiger partial charge in [-0.2, -0.15) is 5.26 Å². The molecular formula is C6H6N2S. The van der Waals surface area contributed by atoms with Crippen LogP contribution < -0.4 is 0 Å². The Balaban J connectivity index is 2.80. The molecule has 3 heteroatoms. The molecule has 0 unspecified atom stereocenters. The second kappa shape index (κ2) is 2.60. The smallest absolute Gasteiger partial charge is 0.109 e. The summed E-state index contributed by atoms with van der Waals surface area (Å²) >= 11 is 1.52. The fraction of sp³-hybridized carbons (Fsp3) is 0.333. The maximum absolute atomic E-state index is 8.42. The molecular weight excluding hydrogens is 132 g/mol. The summed E-state index contributed by atoms with van der Waals surface area (Å²) < 4.78 is 0. The molecule has 9 heavy (non-hydrogen) atoms. The van der Waals surface area contributed by atoms with Gasteiger partial charge < -0.3 is 0 Å². The first-order valence-corrected chi connectivity index (χ1v) is 3.51. The highest BCUT2D eigenvalue weighted by Gasteiger charge is 2.03. The van der Waals surface area contributed by atoms with Crippen molar-refractivity contribution in [2.75, 3.05) is 0 Å². The number of nitriles is 1. The van der Waals surface area contributed by atoms with Gasteiger partial charge in [0.05, 0.1) is 12.0 Å². The molecule has 1 aromatic heterocycles. The Labute approximate surface area is 57.8 Å². The van der Waals surface area contributed by atoms with Crippen molar-refractivity contribution in [3.8, 4) is 6.07 Å². The molecule has 0 amide bonds. The van der Waals surface area contributed by atoms with E-state index < -0.39 is 0 Å². The number of hydrogen-bond acceptors (Lipinski definition) is 3. The fourth-order valence-corrected chi connectivity index (χ4v) is 1.14. The Morgan fingerprint density at radius 2 is 2.67 bits per heavy atom. The van der Waals surface area contributed by atoms with Crippen molar-refractivity contribution in [2.24, 2.45) is 0 Å². The third-order valence-corrected chi connectivity index (χ3v) is 1.97. The zero-order valence-corrected chi connectivity index (χ0v) is 5.85. The van der Waals surface area contributed by atoms with E-state index in [9.17, 15) is 0 Å². The SMILES string of the molecule is C[C@H](C#N)c1nccs1. The molecule has 0 aliphatic heterocycles. The maximum Gasteiger partial charge on any atom is 0.109 e. The van der Waals surface area contributed by atoms with Gasteiger partial charge in [0, 0.05) is 11.6 Å². The van der Waals surface area contributed by atoms with Crippen LogP contribution in [0.3, 0.4) is 0 Å². The van der Waals surface area contributed by atoms with E-state index in [1.165, 1.54) is 11.3 Å². The average molecular weight is 138 g/mol. The first kappa shape index (κ1) is 6.24. The lowest BCUT2D eigenvalue weighted by molar-refractivity contribution is 0.959. The van der Waals surface area contributed by atoms with Gasteiger partial charge >= 0.3 is 0 Å². The molecule has 2 nitrogen and oxygen atoms in total. The van der Waals surface area contributed by atoms with Crippen LogP contribution >= 0.6 is 11.3 Å². The van der Waals surface area contributed by atoms with E-state index in [2.05, 4.69) is 11.1 Å². The van der Waals surface area contributed by atoms with Crippen LogP contribution in [-0.4, -0.2) is 4.98 Å². The molecule has 0 aliphatic carbocycles. The second-order valence-corrected chi connectivity index (χ2v) is 2.65. The highest BCUT2D eigenvalue weighted by atomic mass is 32.1. The van der Waals surface area contributed by atoms with Crippen LogP contribution in [-0.2, 0) is 0 Å². The average Bonchev–Trinajstić information content (AvgIpc) is 2.37. The van der Waals surface area contributed by atoms with Gasteiger partial charge in [0.1, 0.15) is 5.01 Å². The van der Waals surface area contributed by atoms with Gasteiger partial charge in [-0.05, 0) is 6.92 Å². The summed E-state index contributed by atoms with van der Waals surface area (Å²) in [7, 11) is 0. The van der Waals surface area contributed by atoms with E-state index >= 15 is 0 Å². The van der Waals surface area contributed by atoms with Crippen molar-refractivity contribution in [2.45, 2.75) is 12.8 Å². The Morgan fingerprint density at radius 3 is 3.11 bits per heavy atom. The molecule has 0 fully saturated rings. The number of rotatable bonds is 1. The fourth-order valence-electron chi connectivity index (χ4n) is 0.504. The molecule has 0 bridgehead atoms. The molecule has 1 aromatic rings. The maximum atomic E-state index is 8.42. The molecule has 1 atom stereocenters. The summed E-state index contributed by atoms with van der Waals surface area (Å²) in [6, 6.07) is 2.12. The predicted octanol–water partition coefficient (Wildman–Crippen LogP) is 1.77. The van der Waals surface area contributed by atoms with Crippen LogP contribution in [0.15, 0.2) is 11.6 Å². The highest BCUT2D eigenvalue weighted by molar-refractivity contribution is 7.09. The minimum absolute atomic E-state index is 0.0509. The summed E-state index contributed by atoms with van der Waals surface area (Å²) in [4.78, 5) is 3.98. The van der Waals surface area contributed by atoms with Crippen molar-refractivity contribution in [1.29, 1.82) is 5.26 Å². The van der Waals surface area contributed by atoms with Crippen molar-refractivity contribution >= 4 is 11.3 Å². The number of hydrogen-bond donors (Lipinski definition) is 0. The van der Waals surface area contributed by atoms with Gasteiger partial charge in [-0.15, -0.1) is 11.3 Å². The normalized spacial score (nSPS) is 12.4. The number of aromatic nitrogens is 1. The second-order valence-electron chi connectivity index (χ2n) is 1.72. The number of thiazole rings is 1. The predicted molar refractivity (Wildman–Crippen MR) is 36.1 cm³/mol. The van der Waals surface area contributed by atoms with E-state index in [4.69, 9.17) is 5.26 Å².